The molecule has 0 amide bonds. The lowest BCUT2D eigenvalue weighted by atomic mass is 9.92. The maximum absolute atomic E-state index is 6.36. The van der Waals surface area contributed by atoms with Gasteiger partial charge in [-0.1, -0.05) is 23.4 Å². The van der Waals surface area contributed by atoms with Crippen LogP contribution < -0.4 is 10.5 Å². The van der Waals surface area contributed by atoms with E-state index in [-0.39, 0.29) is 5.92 Å². The minimum absolute atomic E-state index is 0.127. The summed E-state index contributed by atoms with van der Waals surface area (Å²) in [6.07, 6.45) is 3.15. The van der Waals surface area contributed by atoms with Gasteiger partial charge in [-0.2, -0.15) is 4.98 Å². The minimum atomic E-state index is -0.504. The van der Waals surface area contributed by atoms with Crippen molar-refractivity contribution < 1.29 is 9.26 Å². The first-order chi connectivity index (χ1) is 10.2. The van der Waals surface area contributed by atoms with Crippen molar-refractivity contribution in [2.45, 2.75) is 37.6 Å². The molecule has 2 aliphatic rings. The summed E-state index contributed by atoms with van der Waals surface area (Å²) in [6.45, 7) is 2.66. The maximum Gasteiger partial charge on any atom is 0.246 e. The Hall–Kier alpha value is -1.88. The van der Waals surface area contributed by atoms with Gasteiger partial charge in [-0.3, -0.25) is 0 Å². The molecule has 4 rings (SSSR count). The fourth-order valence-corrected chi connectivity index (χ4v) is 3.06. The molecule has 1 aliphatic carbocycles. The number of ether oxygens (including phenoxy) is 1. The lowest BCUT2D eigenvalue weighted by molar-refractivity contribution is 0.264. The van der Waals surface area contributed by atoms with E-state index in [1.54, 1.807) is 0 Å². The van der Waals surface area contributed by atoms with E-state index in [4.69, 9.17) is 15.0 Å². The van der Waals surface area contributed by atoms with Crippen LogP contribution in [0.1, 0.15) is 49.4 Å². The van der Waals surface area contributed by atoms with Crippen LogP contribution in [0, 0.1) is 5.92 Å². The van der Waals surface area contributed by atoms with Gasteiger partial charge in [0.05, 0.1) is 18.1 Å². The average Bonchev–Trinajstić information content (AvgIpc) is 3.25. The van der Waals surface area contributed by atoms with Gasteiger partial charge < -0.3 is 15.0 Å². The first kappa shape index (κ1) is 12.8. The second-order valence-electron chi connectivity index (χ2n) is 6.24. The Bertz CT molecular complexity index is 661. The topological polar surface area (TPSA) is 74.2 Å². The Kier molecular flexibility index (Phi) is 2.79. The van der Waals surface area contributed by atoms with Crippen molar-refractivity contribution in [3.8, 4) is 5.75 Å². The van der Waals surface area contributed by atoms with Crippen molar-refractivity contribution in [2.75, 3.05) is 6.61 Å². The summed E-state index contributed by atoms with van der Waals surface area (Å²) in [5.41, 5.74) is 6.98. The van der Waals surface area contributed by atoms with Crippen molar-refractivity contribution in [2.24, 2.45) is 11.7 Å². The van der Waals surface area contributed by atoms with Gasteiger partial charge in [-0.25, -0.2) is 0 Å². The van der Waals surface area contributed by atoms with E-state index >= 15 is 0 Å². The van der Waals surface area contributed by atoms with Crippen molar-refractivity contribution in [3.63, 3.8) is 0 Å². The van der Waals surface area contributed by atoms with E-state index in [1.165, 1.54) is 0 Å². The number of nitrogens with zero attached hydrogens (tertiary/aromatic N) is 2. The molecule has 2 unspecified atom stereocenters. The summed E-state index contributed by atoms with van der Waals surface area (Å²) in [4.78, 5) is 4.61. The fourth-order valence-electron chi connectivity index (χ4n) is 3.06. The molecule has 2 heterocycles. The highest BCUT2D eigenvalue weighted by Gasteiger charge is 2.44. The van der Waals surface area contributed by atoms with Crippen LogP contribution in [-0.4, -0.2) is 16.7 Å². The number of benzene rings is 1. The number of hydrogen-bond acceptors (Lipinski definition) is 5. The normalized spacial score (nSPS) is 24.0. The van der Waals surface area contributed by atoms with Gasteiger partial charge in [0.2, 0.25) is 5.89 Å². The number of nitrogens with two attached hydrogens (primary N) is 1. The van der Waals surface area contributed by atoms with E-state index < -0.39 is 5.54 Å². The van der Waals surface area contributed by atoms with Crippen LogP contribution in [0.5, 0.6) is 5.75 Å². The van der Waals surface area contributed by atoms with E-state index in [0.29, 0.717) is 18.4 Å². The minimum Gasteiger partial charge on any atom is -0.493 e. The Morgan fingerprint density at radius 1 is 1.24 bits per heavy atom. The fraction of sp³-hybridized carbons (Fsp3) is 0.500. The highest BCUT2D eigenvalue weighted by Crippen LogP contribution is 2.44. The molecule has 110 valence electrons. The van der Waals surface area contributed by atoms with Gasteiger partial charge in [0, 0.05) is 5.56 Å². The van der Waals surface area contributed by atoms with Crippen LogP contribution in [0.4, 0.5) is 0 Å². The summed E-state index contributed by atoms with van der Waals surface area (Å²) >= 11 is 0. The maximum atomic E-state index is 6.36. The molecule has 0 bridgehead atoms. The van der Waals surface area contributed by atoms with Gasteiger partial charge in [-0.15, -0.1) is 0 Å². The Morgan fingerprint density at radius 2 is 2.05 bits per heavy atom. The molecule has 2 aromatic rings. The predicted molar refractivity (Wildman–Crippen MR) is 77.0 cm³/mol. The number of fused-ring (bicyclic) bond motifs is 1. The lowest BCUT2D eigenvalue weighted by Crippen LogP contribution is -2.35. The largest absolute Gasteiger partial charge is 0.493 e. The highest BCUT2D eigenvalue weighted by molar-refractivity contribution is 5.40. The standard InChI is InChI=1S/C16H19N3O2/c1-16(17,10-6-7-10)15-18-14(19-21-15)12-8-9-20-13-5-3-2-4-11(12)13/h2-5,10,12H,6-9,17H2,1H3. The van der Waals surface area contributed by atoms with E-state index in [2.05, 4.69) is 16.2 Å². The van der Waals surface area contributed by atoms with E-state index in [9.17, 15) is 0 Å². The van der Waals surface area contributed by atoms with Gasteiger partial charge in [-0.05, 0) is 38.2 Å². The zero-order chi connectivity index (χ0) is 14.4. The summed E-state index contributed by atoms with van der Waals surface area (Å²) in [7, 11) is 0. The molecule has 1 aliphatic heterocycles. The monoisotopic (exact) mass is 285 g/mol. The zero-order valence-electron chi connectivity index (χ0n) is 12.1. The third kappa shape index (κ3) is 2.12. The number of rotatable bonds is 3. The molecule has 0 spiro atoms. The zero-order valence-corrected chi connectivity index (χ0v) is 12.1. The van der Waals surface area contributed by atoms with Crippen molar-refractivity contribution >= 4 is 0 Å². The molecular formula is C16H19N3O2. The van der Waals surface area contributed by atoms with Gasteiger partial charge in [0.1, 0.15) is 5.75 Å². The van der Waals surface area contributed by atoms with Crippen LogP contribution in [0.15, 0.2) is 28.8 Å². The molecule has 1 fully saturated rings. The van der Waals surface area contributed by atoms with Crippen LogP contribution in [0.2, 0.25) is 0 Å². The highest BCUT2D eigenvalue weighted by atomic mass is 16.5. The SMILES string of the molecule is CC(N)(c1nc(C2CCOc3ccccc32)no1)C1CC1. The molecule has 1 aromatic carbocycles. The summed E-state index contributed by atoms with van der Waals surface area (Å²) < 4.78 is 11.2. The number of hydrogen-bond donors (Lipinski definition) is 1. The Labute approximate surface area is 123 Å². The smallest absolute Gasteiger partial charge is 0.246 e. The van der Waals surface area contributed by atoms with Crippen LogP contribution in [-0.2, 0) is 5.54 Å². The molecule has 1 aromatic heterocycles. The molecule has 21 heavy (non-hydrogen) atoms. The molecule has 1 saturated carbocycles. The summed E-state index contributed by atoms with van der Waals surface area (Å²) in [5, 5.41) is 4.19. The van der Waals surface area contributed by atoms with Crippen molar-refractivity contribution in [1.82, 2.24) is 10.1 Å². The number of para-hydroxylation sites is 1. The van der Waals surface area contributed by atoms with E-state index in [1.807, 2.05) is 25.1 Å². The summed E-state index contributed by atoms with van der Waals surface area (Å²) in [5.74, 6) is 2.79. The van der Waals surface area contributed by atoms with Crippen LogP contribution in [0.3, 0.4) is 0 Å². The molecular weight excluding hydrogens is 266 g/mol. The van der Waals surface area contributed by atoms with Gasteiger partial charge >= 0.3 is 0 Å². The molecule has 5 nitrogen and oxygen atoms in total. The van der Waals surface area contributed by atoms with Gasteiger partial charge in [0.15, 0.2) is 5.82 Å². The van der Waals surface area contributed by atoms with E-state index in [0.717, 1.165) is 36.4 Å². The van der Waals surface area contributed by atoms with Crippen LogP contribution in [0.25, 0.3) is 0 Å². The molecule has 0 radical (unpaired) electrons. The third-order valence-electron chi connectivity index (χ3n) is 4.60. The molecule has 5 heteroatoms. The first-order valence-electron chi connectivity index (χ1n) is 7.51. The Morgan fingerprint density at radius 3 is 2.86 bits per heavy atom. The predicted octanol–water partition coefficient (Wildman–Crippen LogP) is 2.57. The number of aromatic nitrogens is 2. The quantitative estimate of drug-likeness (QED) is 0.938. The second-order valence-corrected chi connectivity index (χ2v) is 6.24. The first-order valence-corrected chi connectivity index (χ1v) is 7.51. The second kappa shape index (κ2) is 4.56. The third-order valence-corrected chi connectivity index (χ3v) is 4.60. The molecule has 0 saturated heterocycles. The van der Waals surface area contributed by atoms with Crippen molar-refractivity contribution in [3.05, 3.63) is 41.5 Å². The summed E-state index contributed by atoms with van der Waals surface area (Å²) in [6, 6.07) is 8.04. The molecule has 2 N–H and O–H groups in total. The average molecular weight is 285 g/mol. The van der Waals surface area contributed by atoms with Gasteiger partial charge in [0.25, 0.3) is 0 Å². The van der Waals surface area contributed by atoms with Crippen LogP contribution >= 0.6 is 0 Å². The lowest BCUT2D eigenvalue weighted by Gasteiger charge is -2.23. The van der Waals surface area contributed by atoms with Crippen molar-refractivity contribution in [1.29, 1.82) is 0 Å². The molecule has 2 atom stereocenters. The Balaban J connectivity index is 1.68.